The Morgan fingerprint density at radius 2 is 1.81 bits per heavy atom. The van der Waals surface area contributed by atoms with Crippen LogP contribution in [0.4, 0.5) is 5.69 Å². The first kappa shape index (κ1) is 22.4. The lowest BCUT2D eigenvalue weighted by Crippen LogP contribution is -2.23. The normalized spacial score (nSPS) is 12.4. The molecule has 3 rings (SSSR count). The van der Waals surface area contributed by atoms with E-state index in [4.69, 9.17) is 11.5 Å². The van der Waals surface area contributed by atoms with E-state index < -0.39 is 21.8 Å². The zero-order valence-electron chi connectivity index (χ0n) is 16.7. The molecule has 1 amide bonds. The number of rotatable bonds is 9. The number of nitrogen functional groups attached to an aromatic ring is 1. The van der Waals surface area contributed by atoms with Gasteiger partial charge in [-0.15, -0.1) is 0 Å². The third kappa shape index (κ3) is 5.46. The SMILES string of the molecule is NC(=O)c1cc(S(=O)(=O)c2ccc(CCNC[C@@H](O)c3cccnc3)cc2)ccc1N. The van der Waals surface area contributed by atoms with E-state index in [1.54, 1.807) is 30.6 Å². The van der Waals surface area contributed by atoms with Crippen molar-refractivity contribution >= 4 is 21.4 Å². The highest BCUT2D eigenvalue weighted by Gasteiger charge is 2.20. The summed E-state index contributed by atoms with van der Waals surface area (Å²) in [5.74, 6) is -0.786. The smallest absolute Gasteiger partial charge is 0.250 e. The number of sulfone groups is 1. The first-order chi connectivity index (χ1) is 14.8. The molecular weight excluding hydrogens is 416 g/mol. The Kier molecular flexibility index (Phi) is 7.01. The molecule has 2 aromatic carbocycles. The molecule has 1 aromatic heterocycles. The summed E-state index contributed by atoms with van der Waals surface area (Å²) in [5.41, 5.74) is 12.7. The molecule has 0 radical (unpaired) electrons. The molecule has 0 spiro atoms. The van der Waals surface area contributed by atoms with E-state index in [1.165, 1.54) is 30.3 Å². The minimum atomic E-state index is -3.81. The predicted octanol–water partition coefficient (Wildman–Crippen LogP) is 1.46. The van der Waals surface area contributed by atoms with Gasteiger partial charge < -0.3 is 21.9 Å². The van der Waals surface area contributed by atoms with Crippen LogP contribution in [0.25, 0.3) is 0 Å². The van der Waals surface area contributed by atoms with E-state index in [9.17, 15) is 18.3 Å². The van der Waals surface area contributed by atoms with Crippen LogP contribution in [0, 0.1) is 0 Å². The van der Waals surface area contributed by atoms with Gasteiger partial charge >= 0.3 is 0 Å². The molecule has 1 atom stereocenters. The monoisotopic (exact) mass is 440 g/mol. The number of nitrogens with zero attached hydrogens (tertiary/aromatic N) is 1. The van der Waals surface area contributed by atoms with Crippen molar-refractivity contribution in [2.45, 2.75) is 22.3 Å². The highest BCUT2D eigenvalue weighted by Crippen LogP contribution is 2.24. The van der Waals surface area contributed by atoms with Crippen LogP contribution in [-0.4, -0.2) is 37.5 Å². The zero-order valence-corrected chi connectivity index (χ0v) is 17.5. The van der Waals surface area contributed by atoms with E-state index in [0.29, 0.717) is 19.5 Å². The molecule has 8 nitrogen and oxygen atoms in total. The lowest BCUT2D eigenvalue weighted by atomic mass is 10.1. The van der Waals surface area contributed by atoms with Gasteiger partial charge in [-0.1, -0.05) is 18.2 Å². The third-order valence-electron chi connectivity index (χ3n) is 4.83. The third-order valence-corrected chi connectivity index (χ3v) is 6.60. The number of nitrogens with two attached hydrogens (primary N) is 2. The van der Waals surface area contributed by atoms with Crippen molar-refractivity contribution in [3.05, 3.63) is 83.7 Å². The van der Waals surface area contributed by atoms with Crippen LogP contribution in [-0.2, 0) is 16.3 Å². The predicted molar refractivity (Wildman–Crippen MR) is 117 cm³/mol. The average molecular weight is 441 g/mol. The molecule has 0 fully saturated rings. The quantitative estimate of drug-likeness (QED) is 0.291. The fourth-order valence-corrected chi connectivity index (χ4v) is 4.34. The fraction of sp³-hybridized carbons (Fsp3) is 0.182. The second kappa shape index (κ2) is 9.69. The number of carbonyl (C=O) groups is 1. The molecular formula is C22H24N4O4S. The molecule has 6 N–H and O–H groups in total. The maximum absolute atomic E-state index is 12.9. The van der Waals surface area contributed by atoms with Gasteiger partial charge in [-0.05, 0) is 54.9 Å². The van der Waals surface area contributed by atoms with Crippen LogP contribution < -0.4 is 16.8 Å². The molecule has 0 aliphatic carbocycles. The summed E-state index contributed by atoms with van der Waals surface area (Å²) in [4.78, 5) is 15.5. The lowest BCUT2D eigenvalue weighted by Gasteiger charge is -2.12. The molecule has 31 heavy (non-hydrogen) atoms. The molecule has 0 saturated carbocycles. The number of aliphatic hydroxyl groups excluding tert-OH is 1. The molecule has 0 aliphatic rings. The van der Waals surface area contributed by atoms with Crippen LogP contribution in [0.5, 0.6) is 0 Å². The van der Waals surface area contributed by atoms with Gasteiger partial charge in [0.25, 0.3) is 5.91 Å². The number of hydrogen-bond donors (Lipinski definition) is 4. The first-order valence-corrected chi connectivity index (χ1v) is 11.1. The van der Waals surface area contributed by atoms with E-state index in [-0.39, 0.29) is 21.0 Å². The zero-order chi connectivity index (χ0) is 22.4. The van der Waals surface area contributed by atoms with Crippen LogP contribution in [0.3, 0.4) is 0 Å². The van der Waals surface area contributed by atoms with Crippen molar-refractivity contribution in [1.29, 1.82) is 0 Å². The standard InChI is InChI=1S/C22H24N4O4S/c23-20-8-7-18(12-19(20)22(24)28)31(29,30)17-5-3-15(4-6-17)9-11-26-14-21(27)16-2-1-10-25-13-16/h1-8,10,12-13,21,26-27H,9,11,14,23H2,(H2,24,28)/t21-/m1/s1. The highest BCUT2D eigenvalue weighted by atomic mass is 32.2. The minimum absolute atomic E-state index is 0.0303. The van der Waals surface area contributed by atoms with Gasteiger partial charge in [0, 0.05) is 30.2 Å². The molecule has 1 heterocycles. The summed E-state index contributed by atoms with van der Waals surface area (Å²) in [6, 6.07) is 14.0. The Balaban J connectivity index is 1.61. The van der Waals surface area contributed by atoms with E-state index >= 15 is 0 Å². The lowest BCUT2D eigenvalue weighted by molar-refractivity contribution is 0.100. The molecule has 0 aliphatic heterocycles. The second-order valence-electron chi connectivity index (χ2n) is 7.02. The summed E-state index contributed by atoms with van der Waals surface area (Å²) in [7, 11) is -3.81. The summed E-state index contributed by atoms with van der Waals surface area (Å²) >= 11 is 0. The number of nitrogens with one attached hydrogen (secondary N) is 1. The topological polar surface area (TPSA) is 148 Å². The number of amides is 1. The van der Waals surface area contributed by atoms with Crippen molar-refractivity contribution < 1.29 is 18.3 Å². The highest BCUT2D eigenvalue weighted by molar-refractivity contribution is 7.91. The molecule has 0 unspecified atom stereocenters. The Labute approximate surface area is 180 Å². The first-order valence-electron chi connectivity index (χ1n) is 9.61. The van der Waals surface area contributed by atoms with Gasteiger partial charge in [-0.3, -0.25) is 9.78 Å². The van der Waals surface area contributed by atoms with E-state index in [1.807, 2.05) is 6.07 Å². The molecule has 0 bridgehead atoms. The van der Waals surface area contributed by atoms with Gasteiger partial charge in [0.15, 0.2) is 0 Å². The van der Waals surface area contributed by atoms with E-state index in [2.05, 4.69) is 10.3 Å². The maximum Gasteiger partial charge on any atom is 0.250 e. The number of anilines is 1. The van der Waals surface area contributed by atoms with Gasteiger partial charge in [0.2, 0.25) is 9.84 Å². The number of carbonyl (C=O) groups excluding carboxylic acids is 1. The Hall–Kier alpha value is -3.27. The fourth-order valence-electron chi connectivity index (χ4n) is 3.05. The van der Waals surface area contributed by atoms with Crippen LogP contribution >= 0.6 is 0 Å². The minimum Gasteiger partial charge on any atom is -0.398 e. The molecule has 9 heteroatoms. The van der Waals surface area contributed by atoms with Crippen molar-refractivity contribution in [3.63, 3.8) is 0 Å². The van der Waals surface area contributed by atoms with Gasteiger partial charge in [-0.25, -0.2) is 8.42 Å². The van der Waals surface area contributed by atoms with Gasteiger partial charge in [0.1, 0.15) is 0 Å². The Morgan fingerprint density at radius 1 is 1.10 bits per heavy atom. The maximum atomic E-state index is 12.9. The Bertz CT molecular complexity index is 1150. The average Bonchev–Trinajstić information content (AvgIpc) is 2.77. The number of primary amides is 1. The number of aliphatic hydroxyl groups is 1. The molecule has 162 valence electrons. The Morgan fingerprint density at radius 3 is 2.45 bits per heavy atom. The summed E-state index contributed by atoms with van der Waals surface area (Å²) < 4.78 is 25.7. The molecule has 0 saturated heterocycles. The van der Waals surface area contributed by atoms with E-state index in [0.717, 1.165) is 11.1 Å². The number of pyridine rings is 1. The summed E-state index contributed by atoms with van der Waals surface area (Å²) in [6.45, 7) is 1.00. The van der Waals surface area contributed by atoms with Crippen molar-refractivity contribution in [2.75, 3.05) is 18.8 Å². The largest absolute Gasteiger partial charge is 0.398 e. The van der Waals surface area contributed by atoms with Crippen molar-refractivity contribution in [1.82, 2.24) is 10.3 Å². The van der Waals surface area contributed by atoms with Crippen LogP contribution in [0.15, 0.2) is 76.8 Å². The van der Waals surface area contributed by atoms with Crippen LogP contribution in [0.2, 0.25) is 0 Å². The van der Waals surface area contributed by atoms with Crippen molar-refractivity contribution in [2.24, 2.45) is 5.73 Å². The summed E-state index contributed by atoms with van der Waals surface area (Å²) in [5, 5.41) is 13.3. The van der Waals surface area contributed by atoms with Crippen LogP contribution in [0.1, 0.15) is 27.6 Å². The second-order valence-corrected chi connectivity index (χ2v) is 8.97. The number of hydrogen-bond acceptors (Lipinski definition) is 7. The number of aromatic nitrogens is 1. The van der Waals surface area contributed by atoms with Gasteiger partial charge in [-0.2, -0.15) is 0 Å². The van der Waals surface area contributed by atoms with Gasteiger partial charge in [0.05, 0.1) is 21.5 Å². The summed E-state index contributed by atoms with van der Waals surface area (Å²) in [6.07, 6.45) is 3.29. The number of benzene rings is 2. The van der Waals surface area contributed by atoms with Crippen molar-refractivity contribution in [3.8, 4) is 0 Å². The molecule has 3 aromatic rings.